The monoisotopic (exact) mass is 1420 g/mol. The number of amides is 4. The zero-order valence-corrected chi connectivity index (χ0v) is 61.6. The normalized spacial score (nSPS) is 16.6. The molecule has 0 spiro atoms. The highest BCUT2D eigenvalue weighted by molar-refractivity contribution is 7.14. The third-order valence-electron chi connectivity index (χ3n) is 16.2. The lowest BCUT2D eigenvalue weighted by Crippen LogP contribution is -2.42. The standard InChI is InChI=1S/C25H38N4O4S.C20H30N4O2S.C20H27N3O4S.C6H14O.2CH4/c1-6-10-29(32-7-2)23(30)18-14-21-20(27-22(26)15-18)16-19(34-21)13-17-8-11-28(12-9-17)24(31)33-25(3,4)5;1-3-9-24(26-4-2)20(25)15-11-18-17(23-19(21)12-15)13-16(27-18)10-14-5-7-22-8-6-14;1-20(2,3)27-19(26)23-6-4-12(5-7-23)8-14-11-15-16(28-14)9-13(18(24)25)10-17(21)22-15;1-3-5-6-7-4-2;;/h14,16-17H,6-13,15H2,1-5H3,(H2,26,27);11,13-14,22H,3-10,12H2,1-2H3,(H2,21,23);9,11-12H,4-8,10H2,1-3H3,(H2,21,22)(H,24,25);3-6H2,1-2H3;2*1H4. The summed E-state index contributed by atoms with van der Waals surface area (Å²) in [7, 11) is 0. The first-order valence-corrected chi connectivity index (χ1v) is 37.0. The number of carboxylic acid groups (broad SMARTS) is 1. The quantitative estimate of drug-likeness (QED) is 0.0489. The molecule has 9 rings (SSSR count). The number of hydroxylamine groups is 4. The van der Waals surface area contributed by atoms with Gasteiger partial charge >= 0.3 is 18.2 Å². The molecule has 3 fully saturated rings. The number of rotatable bonds is 21. The summed E-state index contributed by atoms with van der Waals surface area (Å²) >= 11 is 4.97. The average Bonchev–Trinajstić information content (AvgIpc) is 1.68. The van der Waals surface area contributed by atoms with Crippen molar-refractivity contribution in [3.63, 3.8) is 0 Å². The fraction of sp³-hybridized carbons (Fsp3) is 0.644. The molecule has 8 N–H and O–H groups in total. The fourth-order valence-electron chi connectivity index (χ4n) is 11.5. The van der Waals surface area contributed by atoms with Crippen molar-refractivity contribution in [2.45, 2.75) is 212 Å². The Morgan fingerprint density at radius 3 is 1.20 bits per heavy atom. The van der Waals surface area contributed by atoms with E-state index in [4.69, 9.17) is 41.1 Å². The van der Waals surface area contributed by atoms with Crippen LogP contribution in [0.2, 0.25) is 0 Å². The average molecular weight is 1420 g/mol. The van der Waals surface area contributed by atoms with E-state index in [2.05, 4.69) is 39.4 Å². The molecule has 6 aliphatic heterocycles. The molecule has 0 aliphatic carbocycles. The number of carbonyl (C=O) groups is 5. The first kappa shape index (κ1) is 83.9. The lowest BCUT2D eigenvalue weighted by molar-refractivity contribution is -0.180. The Morgan fingerprint density at radius 2 is 0.888 bits per heavy atom. The number of carboxylic acids is 1. The Labute approximate surface area is 596 Å². The maximum absolute atomic E-state index is 13.1. The van der Waals surface area contributed by atoms with Crippen LogP contribution in [0.1, 0.15) is 211 Å². The van der Waals surface area contributed by atoms with E-state index in [0.29, 0.717) is 106 Å². The highest BCUT2D eigenvalue weighted by atomic mass is 32.1. The molecule has 0 radical (unpaired) electrons. The number of hydrogen-bond acceptors (Lipinski definition) is 20. The van der Waals surface area contributed by atoms with Gasteiger partial charge in [0.25, 0.3) is 11.8 Å². The number of amidine groups is 3. The largest absolute Gasteiger partial charge is 0.478 e. The van der Waals surface area contributed by atoms with E-state index >= 15 is 0 Å². The number of piperidine rings is 3. The minimum absolute atomic E-state index is 0. The van der Waals surface area contributed by atoms with Crippen molar-refractivity contribution in [2.75, 3.05) is 78.8 Å². The minimum Gasteiger partial charge on any atom is -0.478 e. The van der Waals surface area contributed by atoms with E-state index in [0.717, 1.165) is 122 Å². The van der Waals surface area contributed by atoms with Crippen LogP contribution in [0, 0.1) is 17.8 Å². The van der Waals surface area contributed by atoms with Crippen molar-refractivity contribution in [2.24, 2.45) is 49.9 Å². The van der Waals surface area contributed by atoms with Gasteiger partial charge in [0.15, 0.2) is 0 Å². The number of ether oxygens (including phenoxy) is 3. The number of nitrogens with one attached hydrogen (secondary N) is 1. The minimum atomic E-state index is -0.963. The number of carbonyl (C=O) groups excluding carboxylic acids is 4. The molecule has 6 aliphatic rings. The zero-order chi connectivity index (χ0) is 70.1. The summed E-state index contributed by atoms with van der Waals surface area (Å²) in [6.07, 6.45) is 19.0. The molecule has 98 heavy (non-hydrogen) atoms. The van der Waals surface area contributed by atoms with Gasteiger partial charge in [-0.2, -0.15) is 0 Å². The lowest BCUT2D eigenvalue weighted by Gasteiger charge is -2.33. The van der Waals surface area contributed by atoms with Crippen LogP contribution < -0.4 is 22.5 Å². The summed E-state index contributed by atoms with van der Waals surface area (Å²) in [5.74, 6) is 1.69. The van der Waals surface area contributed by atoms with E-state index in [1.54, 1.807) is 49.9 Å². The number of nitrogens with two attached hydrogens (primary N) is 3. The van der Waals surface area contributed by atoms with Crippen LogP contribution in [0.4, 0.5) is 26.7 Å². The fourth-order valence-corrected chi connectivity index (χ4v) is 15.1. The molecule has 0 aromatic carbocycles. The molecule has 0 atom stereocenters. The second-order valence-corrected chi connectivity index (χ2v) is 30.4. The number of aliphatic imine (C=N–C) groups is 3. The van der Waals surface area contributed by atoms with Gasteiger partial charge in [-0.3, -0.25) is 19.3 Å². The molecular formula is C73H117N11O11S3. The smallest absolute Gasteiger partial charge is 0.410 e. The van der Waals surface area contributed by atoms with Crippen molar-refractivity contribution >= 4 is 117 Å². The van der Waals surface area contributed by atoms with E-state index in [-0.39, 0.29) is 50.8 Å². The molecule has 0 bridgehead atoms. The maximum atomic E-state index is 13.1. The highest BCUT2D eigenvalue weighted by Gasteiger charge is 2.31. The molecule has 22 nitrogen and oxygen atoms in total. The Hall–Kier alpha value is -6.48. The number of unbranched alkanes of at least 4 members (excludes halogenated alkanes) is 1. The predicted octanol–water partition coefficient (Wildman–Crippen LogP) is 15.1. The predicted molar refractivity (Wildman–Crippen MR) is 402 cm³/mol. The molecule has 9 heterocycles. The second kappa shape index (κ2) is 41.3. The SMILES string of the molecule is C.C.CC(C)(C)OC(=O)N1CCC(Cc2cc3c(s2)C=C(C(=O)O)CC(N)=N3)CC1.CCCCOCC.CCCN(OCC)C(=O)C1=Cc2sc(CC3CCN(C(=O)OC(C)(C)C)CC3)cc2N=C(N)C1.CCCN(OCC)C(=O)C1=Cc2sc(CC3CCNCC3)cc2N=C(N)C1. The summed E-state index contributed by atoms with van der Waals surface area (Å²) in [5, 5.41) is 15.6. The number of likely N-dealkylation sites (tertiary alicyclic amines) is 2. The van der Waals surface area contributed by atoms with Crippen LogP contribution in [0.3, 0.4) is 0 Å². The molecule has 3 aromatic heterocycles. The number of fused-ring (bicyclic) bond motifs is 3. The van der Waals surface area contributed by atoms with E-state index in [1.807, 2.05) is 94.4 Å². The van der Waals surface area contributed by atoms with E-state index in [9.17, 15) is 29.1 Å². The zero-order valence-electron chi connectivity index (χ0n) is 59.1. The number of hydrogen-bond donors (Lipinski definition) is 5. The number of aliphatic carboxylic acids is 1. The molecule has 25 heteroatoms. The van der Waals surface area contributed by atoms with Gasteiger partial charge in [0.2, 0.25) is 0 Å². The van der Waals surface area contributed by atoms with Crippen molar-refractivity contribution < 1.29 is 53.0 Å². The van der Waals surface area contributed by atoms with E-state index in [1.165, 1.54) is 50.4 Å². The number of thiophene rings is 3. The van der Waals surface area contributed by atoms with Gasteiger partial charge in [0.05, 0.1) is 44.9 Å². The Balaban J connectivity index is 0.000000296. The maximum Gasteiger partial charge on any atom is 0.410 e. The third kappa shape index (κ3) is 27.6. The Bertz CT molecular complexity index is 3220. The summed E-state index contributed by atoms with van der Waals surface area (Å²) in [5.41, 5.74) is 21.1. The molecular weight excluding hydrogens is 1300 g/mol. The lowest BCUT2D eigenvalue weighted by atomic mass is 9.93. The first-order chi connectivity index (χ1) is 45.7. The van der Waals surface area contributed by atoms with Crippen LogP contribution in [0.5, 0.6) is 0 Å². The highest BCUT2D eigenvalue weighted by Crippen LogP contribution is 2.40. The van der Waals surface area contributed by atoms with Crippen molar-refractivity contribution in [1.29, 1.82) is 0 Å². The molecule has 3 saturated heterocycles. The summed E-state index contributed by atoms with van der Waals surface area (Å²) in [6, 6.07) is 6.24. The van der Waals surface area contributed by atoms with Gasteiger partial charge < -0.3 is 51.6 Å². The molecule has 3 aromatic rings. The van der Waals surface area contributed by atoms with Crippen molar-refractivity contribution in [3.8, 4) is 0 Å². The van der Waals surface area contributed by atoms with Gasteiger partial charge in [-0.1, -0.05) is 42.0 Å². The van der Waals surface area contributed by atoms with Crippen LogP contribution in [-0.2, 0) is 57.5 Å². The van der Waals surface area contributed by atoms with Gasteiger partial charge in [0, 0.05) is 103 Å². The van der Waals surface area contributed by atoms with Crippen molar-refractivity contribution in [3.05, 3.63) is 64.2 Å². The Kier molecular flexibility index (Phi) is 35.4. The van der Waals surface area contributed by atoms with Crippen molar-refractivity contribution in [1.82, 2.24) is 25.2 Å². The van der Waals surface area contributed by atoms with Gasteiger partial charge in [0.1, 0.15) is 28.7 Å². The Morgan fingerprint density at radius 1 is 0.541 bits per heavy atom. The third-order valence-corrected chi connectivity index (χ3v) is 19.5. The molecule has 4 amide bonds. The summed E-state index contributed by atoms with van der Waals surface area (Å²) < 4.78 is 16.0. The van der Waals surface area contributed by atoms with Gasteiger partial charge in [-0.15, -0.1) is 34.0 Å². The van der Waals surface area contributed by atoms with Crippen LogP contribution >= 0.6 is 34.0 Å². The summed E-state index contributed by atoms with van der Waals surface area (Å²) in [6.45, 7) is 32.1. The molecule has 0 saturated carbocycles. The van der Waals surface area contributed by atoms with Gasteiger partial charge in [-0.05, 0) is 207 Å². The number of nitrogens with zero attached hydrogens (tertiary/aromatic N) is 7. The van der Waals surface area contributed by atoms with Crippen LogP contribution in [-0.4, -0.2) is 162 Å². The molecule has 548 valence electrons. The van der Waals surface area contributed by atoms with E-state index < -0.39 is 17.2 Å². The topological polar surface area (TPSA) is 292 Å². The van der Waals surface area contributed by atoms with Crippen LogP contribution in [0.15, 0.2) is 49.9 Å². The molecule has 0 unspecified atom stereocenters. The first-order valence-electron chi connectivity index (χ1n) is 34.6. The second-order valence-electron chi connectivity index (χ2n) is 26.9. The van der Waals surface area contributed by atoms with Crippen LogP contribution in [0.25, 0.3) is 18.2 Å². The van der Waals surface area contributed by atoms with Gasteiger partial charge in [-0.25, -0.2) is 39.5 Å². The summed E-state index contributed by atoms with van der Waals surface area (Å²) in [4.78, 5) is 96.6.